The highest BCUT2D eigenvalue weighted by molar-refractivity contribution is 6.01. The van der Waals surface area contributed by atoms with E-state index in [0.717, 1.165) is 30.4 Å². The molecule has 0 radical (unpaired) electrons. The largest absolute Gasteiger partial charge is 0.478 e. The summed E-state index contributed by atoms with van der Waals surface area (Å²) in [6.07, 6.45) is 3.20. The first kappa shape index (κ1) is 15.5. The van der Waals surface area contributed by atoms with Gasteiger partial charge in [0.25, 0.3) is 0 Å². The van der Waals surface area contributed by atoms with Crippen molar-refractivity contribution < 1.29 is 19.4 Å². The van der Waals surface area contributed by atoms with Gasteiger partial charge in [-0.15, -0.1) is 0 Å². The van der Waals surface area contributed by atoms with E-state index in [4.69, 9.17) is 4.74 Å². The number of aromatic carboxylic acids is 1. The number of aryl methyl sites for hydroxylation is 2. The number of carboxylic acid groups (broad SMARTS) is 1. The number of rotatable bonds is 4. The van der Waals surface area contributed by atoms with Crippen molar-refractivity contribution >= 4 is 17.6 Å². The van der Waals surface area contributed by atoms with Crippen LogP contribution in [0, 0.1) is 13.8 Å². The number of carboxylic acids is 1. The van der Waals surface area contributed by atoms with Gasteiger partial charge in [-0.05, 0) is 50.3 Å². The Kier molecular flexibility index (Phi) is 4.96. The SMILES string of the molecule is Cc1cc(C)c(NC(=O)CC2CCCCO2)c(C(=O)O)c1. The Morgan fingerprint density at radius 3 is 2.71 bits per heavy atom. The molecule has 2 rings (SSSR count). The van der Waals surface area contributed by atoms with Gasteiger partial charge in [0.1, 0.15) is 0 Å². The Morgan fingerprint density at radius 1 is 1.33 bits per heavy atom. The molecule has 0 saturated carbocycles. The van der Waals surface area contributed by atoms with Gasteiger partial charge in [-0.2, -0.15) is 0 Å². The smallest absolute Gasteiger partial charge is 0.337 e. The van der Waals surface area contributed by atoms with Crippen molar-refractivity contribution in [1.82, 2.24) is 0 Å². The molecule has 1 aromatic carbocycles. The van der Waals surface area contributed by atoms with Crippen molar-refractivity contribution in [2.24, 2.45) is 0 Å². The summed E-state index contributed by atoms with van der Waals surface area (Å²) in [7, 11) is 0. The number of benzene rings is 1. The van der Waals surface area contributed by atoms with E-state index in [-0.39, 0.29) is 24.0 Å². The second-order valence-electron chi connectivity index (χ2n) is 5.55. The van der Waals surface area contributed by atoms with Crippen molar-refractivity contribution in [1.29, 1.82) is 0 Å². The summed E-state index contributed by atoms with van der Waals surface area (Å²) < 4.78 is 5.54. The predicted molar refractivity (Wildman–Crippen MR) is 79.7 cm³/mol. The van der Waals surface area contributed by atoms with Gasteiger partial charge in [0.05, 0.1) is 23.8 Å². The molecule has 0 spiro atoms. The Balaban J connectivity index is 2.11. The minimum atomic E-state index is -1.04. The fraction of sp³-hybridized carbons (Fsp3) is 0.500. The van der Waals surface area contributed by atoms with Crippen LogP contribution in [0.2, 0.25) is 0 Å². The second kappa shape index (κ2) is 6.72. The molecule has 1 heterocycles. The van der Waals surface area contributed by atoms with Crippen molar-refractivity contribution in [3.8, 4) is 0 Å². The monoisotopic (exact) mass is 291 g/mol. The van der Waals surface area contributed by atoms with Crippen molar-refractivity contribution in [3.05, 3.63) is 28.8 Å². The molecule has 1 aromatic rings. The zero-order chi connectivity index (χ0) is 15.4. The molecule has 1 saturated heterocycles. The molecule has 0 aromatic heterocycles. The summed E-state index contributed by atoms with van der Waals surface area (Å²) in [4.78, 5) is 23.4. The third kappa shape index (κ3) is 4.04. The predicted octanol–water partition coefficient (Wildman–Crippen LogP) is 2.90. The molecule has 0 aliphatic carbocycles. The Morgan fingerprint density at radius 2 is 2.10 bits per heavy atom. The summed E-state index contributed by atoms with van der Waals surface area (Å²) in [5, 5.41) is 12.0. The lowest BCUT2D eigenvalue weighted by molar-refractivity contribution is -0.119. The highest BCUT2D eigenvalue weighted by atomic mass is 16.5. The molecule has 1 aliphatic rings. The lowest BCUT2D eigenvalue weighted by Crippen LogP contribution is -2.26. The number of anilines is 1. The first-order chi connectivity index (χ1) is 9.97. The molecule has 1 fully saturated rings. The molecular formula is C16H21NO4. The maximum Gasteiger partial charge on any atom is 0.337 e. The summed E-state index contributed by atoms with van der Waals surface area (Å²) in [6, 6.07) is 3.43. The maximum absolute atomic E-state index is 12.1. The quantitative estimate of drug-likeness (QED) is 0.894. The number of amides is 1. The van der Waals surface area contributed by atoms with E-state index in [9.17, 15) is 14.7 Å². The molecule has 5 nitrogen and oxygen atoms in total. The first-order valence-corrected chi connectivity index (χ1v) is 7.23. The topological polar surface area (TPSA) is 75.6 Å². The lowest BCUT2D eigenvalue weighted by atomic mass is 10.0. The third-order valence-corrected chi connectivity index (χ3v) is 3.66. The normalized spacial score (nSPS) is 18.3. The zero-order valence-electron chi connectivity index (χ0n) is 12.4. The third-order valence-electron chi connectivity index (χ3n) is 3.66. The summed E-state index contributed by atoms with van der Waals surface area (Å²) in [5.41, 5.74) is 2.13. The maximum atomic E-state index is 12.1. The van der Waals surface area contributed by atoms with E-state index >= 15 is 0 Å². The fourth-order valence-electron chi connectivity index (χ4n) is 2.67. The average Bonchev–Trinajstić information content (AvgIpc) is 2.42. The van der Waals surface area contributed by atoms with Gasteiger partial charge >= 0.3 is 5.97 Å². The number of hydrogen-bond donors (Lipinski definition) is 2. The Bertz CT molecular complexity index is 547. The second-order valence-corrected chi connectivity index (χ2v) is 5.55. The summed E-state index contributed by atoms with van der Waals surface area (Å²) >= 11 is 0. The van der Waals surface area contributed by atoms with E-state index in [1.54, 1.807) is 13.0 Å². The standard InChI is InChI=1S/C16H21NO4/c1-10-7-11(2)15(13(8-10)16(19)20)17-14(18)9-12-5-3-4-6-21-12/h7-8,12H,3-6,9H2,1-2H3,(H,17,18)(H,19,20). The molecule has 1 amide bonds. The van der Waals surface area contributed by atoms with Crippen LogP contribution in [-0.4, -0.2) is 29.7 Å². The number of carbonyl (C=O) groups is 2. The molecular weight excluding hydrogens is 270 g/mol. The molecule has 21 heavy (non-hydrogen) atoms. The van der Waals surface area contributed by atoms with Crippen LogP contribution >= 0.6 is 0 Å². The van der Waals surface area contributed by atoms with Crippen molar-refractivity contribution in [2.75, 3.05) is 11.9 Å². The minimum Gasteiger partial charge on any atom is -0.478 e. The van der Waals surface area contributed by atoms with E-state index in [0.29, 0.717) is 12.3 Å². The minimum absolute atomic E-state index is 0.0576. The van der Waals surface area contributed by atoms with E-state index < -0.39 is 5.97 Å². The van der Waals surface area contributed by atoms with Crippen molar-refractivity contribution in [3.63, 3.8) is 0 Å². The van der Waals surface area contributed by atoms with Gasteiger partial charge in [-0.1, -0.05) is 6.07 Å². The highest BCUT2D eigenvalue weighted by Gasteiger charge is 2.20. The van der Waals surface area contributed by atoms with Crippen LogP contribution in [0.15, 0.2) is 12.1 Å². The van der Waals surface area contributed by atoms with Crippen LogP contribution in [0.5, 0.6) is 0 Å². The van der Waals surface area contributed by atoms with E-state index in [1.807, 2.05) is 13.0 Å². The number of ether oxygens (including phenoxy) is 1. The molecule has 1 unspecified atom stereocenters. The highest BCUT2D eigenvalue weighted by Crippen LogP contribution is 2.24. The van der Waals surface area contributed by atoms with E-state index in [1.165, 1.54) is 0 Å². The number of hydrogen-bond acceptors (Lipinski definition) is 3. The van der Waals surface area contributed by atoms with Crippen LogP contribution in [0.3, 0.4) is 0 Å². The van der Waals surface area contributed by atoms with Crippen LogP contribution in [-0.2, 0) is 9.53 Å². The van der Waals surface area contributed by atoms with Gasteiger partial charge in [0.15, 0.2) is 0 Å². The molecule has 5 heteroatoms. The fourth-order valence-corrected chi connectivity index (χ4v) is 2.67. The molecule has 0 bridgehead atoms. The van der Waals surface area contributed by atoms with Crippen LogP contribution in [0.4, 0.5) is 5.69 Å². The van der Waals surface area contributed by atoms with Crippen molar-refractivity contribution in [2.45, 2.75) is 45.6 Å². The van der Waals surface area contributed by atoms with Crippen LogP contribution in [0.1, 0.15) is 47.2 Å². The van der Waals surface area contributed by atoms with E-state index in [2.05, 4.69) is 5.32 Å². The van der Waals surface area contributed by atoms with Crippen LogP contribution < -0.4 is 5.32 Å². The van der Waals surface area contributed by atoms with Gasteiger partial charge in [-0.25, -0.2) is 4.79 Å². The van der Waals surface area contributed by atoms with Crippen LogP contribution in [0.25, 0.3) is 0 Å². The zero-order valence-corrected chi connectivity index (χ0v) is 12.4. The molecule has 1 atom stereocenters. The Labute approximate surface area is 124 Å². The van der Waals surface area contributed by atoms with Gasteiger partial charge in [0, 0.05) is 6.61 Å². The first-order valence-electron chi connectivity index (χ1n) is 7.23. The molecule has 2 N–H and O–H groups in total. The van der Waals surface area contributed by atoms with Gasteiger partial charge in [-0.3, -0.25) is 4.79 Å². The number of nitrogens with one attached hydrogen (secondary N) is 1. The van der Waals surface area contributed by atoms with Gasteiger partial charge in [0.2, 0.25) is 5.91 Å². The average molecular weight is 291 g/mol. The molecule has 114 valence electrons. The molecule has 1 aliphatic heterocycles. The summed E-state index contributed by atoms with van der Waals surface area (Å²) in [5.74, 6) is -1.23. The van der Waals surface area contributed by atoms with Gasteiger partial charge < -0.3 is 15.2 Å². The lowest BCUT2D eigenvalue weighted by Gasteiger charge is -2.22. The Hall–Kier alpha value is -1.88. The summed E-state index contributed by atoms with van der Waals surface area (Å²) in [6.45, 7) is 4.33. The number of carbonyl (C=O) groups excluding carboxylic acids is 1.